The van der Waals surface area contributed by atoms with Crippen LogP contribution in [-0.2, 0) is 7.05 Å². The Bertz CT molecular complexity index is 674. The van der Waals surface area contributed by atoms with Crippen molar-refractivity contribution in [1.29, 1.82) is 0 Å². The van der Waals surface area contributed by atoms with Gasteiger partial charge in [-0.05, 0) is 37.1 Å². The molecule has 1 aliphatic carbocycles. The van der Waals surface area contributed by atoms with Crippen LogP contribution in [0, 0.1) is 0 Å². The molecule has 2 N–H and O–H groups in total. The number of halogens is 1. The minimum Gasteiger partial charge on any atom is -0.489 e. The lowest BCUT2D eigenvalue weighted by molar-refractivity contribution is 0.347. The van der Waals surface area contributed by atoms with Crippen LogP contribution in [0.1, 0.15) is 24.6 Å². The van der Waals surface area contributed by atoms with E-state index in [1.807, 2.05) is 36.0 Å². The molecule has 1 aliphatic rings. The van der Waals surface area contributed by atoms with Crippen molar-refractivity contribution in [2.24, 2.45) is 12.8 Å². The van der Waals surface area contributed by atoms with E-state index in [1.54, 1.807) is 0 Å². The first kappa shape index (κ1) is 14.7. The first-order valence-electron chi connectivity index (χ1n) is 7.33. The van der Waals surface area contributed by atoms with Crippen molar-refractivity contribution in [1.82, 2.24) is 14.8 Å². The fraction of sp³-hybridized carbons (Fsp3) is 0.375. The van der Waals surface area contributed by atoms with Gasteiger partial charge in [0.25, 0.3) is 0 Å². The van der Waals surface area contributed by atoms with Crippen LogP contribution in [-0.4, -0.2) is 27.9 Å². The second-order valence-electron chi connectivity index (χ2n) is 5.48. The van der Waals surface area contributed by atoms with E-state index in [4.69, 9.17) is 10.5 Å². The van der Waals surface area contributed by atoms with Gasteiger partial charge in [-0.3, -0.25) is 4.68 Å². The van der Waals surface area contributed by atoms with E-state index in [2.05, 4.69) is 10.1 Å². The van der Waals surface area contributed by atoms with Gasteiger partial charge >= 0.3 is 0 Å². The molecule has 0 amide bonds. The molecule has 0 bridgehead atoms. The summed E-state index contributed by atoms with van der Waals surface area (Å²) in [6.07, 6.45) is 2.89. The Hall–Kier alpha value is -2.21. The summed E-state index contributed by atoms with van der Waals surface area (Å²) in [5.41, 5.74) is 6.75. The fourth-order valence-corrected chi connectivity index (χ4v) is 2.23. The molecular formula is C16H19FN4O. The van der Waals surface area contributed by atoms with Crippen LogP contribution in [0.3, 0.4) is 0 Å². The molecule has 0 aliphatic heterocycles. The molecule has 0 radical (unpaired) electrons. The maximum absolute atomic E-state index is 12.4. The van der Waals surface area contributed by atoms with E-state index in [1.165, 1.54) is 12.8 Å². The zero-order valence-electron chi connectivity index (χ0n) is 12.5. The molecule has 6 heteroatoms. The number of hydrogen-bond donors (Lipinski definition) is 1. The van der Waals surface area contributed by atoms with E-state index >= 15 is 0 Å². The van der Waals surface area contributed by atoms with Crippen molar-refractivity contribution in [2.45, 2.75) is 18.8 Å². The number of nitrogens with zero attached hydrogens (tertiary/aromatic N) is 3. The molecule has 1 aromatic carbocycles. The average Bonchev–Trinajstić information content (AvgIpc) is 3.31. The van der Waals surface area contributed by atoms with Gasteiger partial charge in [-0.25, -0.2) is 9.37 Å². The number of hydrogen-bond acceptors (Lipinski definition) is 4. The number of rotatable bonds is 6. The highest BCUT2D eigenvalue weighted by Gasteiger charge is 2.29. The van der Waals surface area contributed by atoms with Crippen molar-refractivity contribution in [3.63, 3.8) is 0 Å². The number of ether oxygens (including phenoxy) is 1. The van der Waals surface area contributed by atoms with Crippen molar-refractivity contribution in [2.75, 3.05) is 13.2 Å². The third-order valence-corrected chi connectivity index (χ3v) is 3.69. The van der Waals surface area contributed by atoms with E-state index in [9.17, 15) is 4.39 Å². The molecule has 1 saturated carbocycles. The molecule has 1 fully saturated rings. The molecule has 0 spiro atoms. The minimum absolute atomic E-state index is 0.149. The van der Waals surface area contributed by atoms with Crippen LogP contribution >= 0.6 is 0 Å². The third-order valence-electron chi connectivity index (χ3n) is 3.69. The summed E-state index contributed by atoms with van der Waals surface area (Å²) in [6, 6.07) is 7.47. The smallest absolute Gasteiger partial charge is 0.181 e. The molecule has 0 unspecified atom stereocenters. The zero-order chi connectivity index (χ0) is 15.5. The molecule has 0 saturated heterocycles. The number of benzene rings is 1. The Morgan fingerprint density at radius 3 is 2.73 bits per heavy atom. The summed E-state index contributed by atoms with van der Waals surface area (Å²) in [7, 11) is 1.93. The lowest BCUT2D eigenvalue weighted by Gasteiger charge is -2.07. The van der Waals surface area contributed by atoms with Crippen molar-refractivity contribution < 1.29 is 9.13 Å². The van der Waals surface area contributed by atoms with Crippen molar-refractivity contribution in [3.05, 3.63) is 42.0 Å². The van der Waals surface area contributed by atoms with Crippen LogP contribution in [0.15, 0.2) is 36.2 Å². The second-order valence-corrected chi connectivity index (χ2v) is 5.48. The molecule has 1 heterocycles. The van der Waals surface area contributed by atoms with Gasteiger partial charge < -0.3 is 10.5 Å². The van der Waals surface area contributed by atoms with Crippen LogP contribution in [0.4, 0.5) is 4.39 Å². The number of aryl methyl sites for hydroxylation is 1. The third kappa shape index (κ3) is 3.17. The summed E-state index contributed by atoms with van der Waals surface area (Å²) in [6.45, 7) is 0.302. The monoisotopic (exact) mass is 302 g/mol. The van der Waals surface area contributed by atoms with E-state index in [0.29, 0.717) is 23.6 Å². The van der Waals surface area contributed by atoms with Gasteiger partial charge in [-0.2, -0.15) is 5.10 Å². The average molecular weight is 302 g/mol. The van der Waals surface area contributed by atoms with Gasteiger partial charge in [0, 0.05) is 30.6 Å². The predicted octanol–water partition coefficient (Wildman–Crippen LogP) is 2.55. The van der Waals surface area contributed by atoms with Crippen LogP contribution in [0.5, 0.6) is 5.75 Å². The lowest BCUT2D eigenvalue weighted by atomic mass is 10.2. The van der Waals surface area contributed by atoms with Gasteiger partial charge in [-0.1, -0.05) is 0 Å². The summed E-state index contributed by atoms with van der Waals surface area (Å²) in [4.78, 5) is 4.61. The topological polar surface area (TPSA) is 66.0 Å². The Morgan fingerprint density at radius 2 is 2.14 bits per heavy atom. The number of aromatic nitrogens is 3. The largest absolute Gasteiger partial charge is 0.489 e. The summed E-state index contributed by atoms with van der Waals surface area (Å²) in [5.74, 6) is 3.00. The molecule has 1 aromatic heterocycles. The van der Waals surface area contributed by atoms with Crippen molar-refractivity contribution in [3.8, 4) is 17.1 Å². The first-order chi connectivity index (χ1) is 10.7. The second kappa shape index (κ2) is 6.27. The quantitative estimate of drug-likeness (QED) is 0.890. The molecular weight excluding hydrogens is 283 g/mol. The first-order valence-corrected chi connectivity index (χ1v) is 7.33. The van der Waals surface area contributed by atoms with E-state index < -0.39 is 0 Å². The molecule has 0 atom stereocenters. The van der Waals surface area contributed by atoms with Crippen LogP contribution in [0.25, 0.3) is 11.4 Å². The summed E-state index contributed by atoms with van der Waals surface area (Å²) in [5, 5.41) is 4.46. The molecule has 5 nitrogen and oxygen atoms in total. The SMILES string of the molecule is Cn1nc(-c2ccc(OC/C(=C\F)CN)cc2)nc1C1CC1. The molecule has 2 aromatic rings. The highest BCUT2D eigenvalue weighted by atomic mass is 19.1. The maximum atomic E-state index is 12.4. The van der Waals surface area contributed by atoms with Crippen LogP contribution in [0.2, 0.25) is 0 Å². The fourth-order valence-electron chi connectivity index (χ4n) is 2.23. The minimum atomic E-state index is 0.149. The van der Waals surface area contributed by atoms with Crippen molar-refractivity contribution >= 4 is 0 Å². The van der Waals surface area contributed by atoms with Gasteiger partial charge in [0.2, 0.25) is 0 Å². The number of nitrogens with two attached hydrogens (primary N) is 1. The normalized spacial score (nSPS) is 15.1. The summed E-state index contributed by atoms with van der Waals surface area (Å²) >= 11 is 0. The Kier molecular flexibility index (Phi) is 4.20. The van der Waals surface area contributed by atoms with Gasteiger partial charge in [-0.15, -0.1) is 0 Å². The molecule has 3 rings (SSSR count). The maximum Gasteiger partial charge on any atom is 0.181 e. The van der Waals surface area contributed by atoms with E-state index in [0.717, 1.165) is 17.2 Å². The Labute approximate surface area is 128 Å². The van der Waals surface area contributed by atoms with Gasteiger partial charge in [0.1, 0.15) is 18.2 Å². The highest BCUT2D eigenvalue weighted by Crippen LogP contribution is 2.39. The lowest BCUT2D eigenvalue weighted by Crippen LogP contribution is -2.10. The standard InChI is InChI=1S/C16H19FN4O/c1-21-16(13-2-3-13)19-15(20-21)12-4-6-14(7-5-12)22-10-11(8-17)9-18/h4-8,13H,2-3,9-10,18H2,1H3/b11-8-. The molecule has 116 valence electrons. The predicted molar refractivity (Wildman–Crippen MR) is 82.2 cm³/mol. The molecule has 22 heavy (non-hydrogen) atoms. The Morgan fingerprint density at radius 1 is 1.41 bits per heavy atom. The van der Waals surface area contributed by atoms with Crippen LogP contribution < -0.4 is 10.5 Å². The van der Waals surface area contributed by atoms with E-state index in [-0.39, 0.29) is 13.2 Å². The summed E-state index contributed by atoms with van der Waals surface area (Å²) < 4.78 is 19.8. The Balaban J connectivity index is 1.70. The zero-order valence-corrected chi connectivity index (χ0v) is 12.5. The highest BCUT2D eigenvalue weighted by molar-refractivity contribution is 5.56. The van der Waals surface area contributed by atoms with Gasteiger partial charge in [0.05, 0.1) is 6.33 Å². The van der Waals surface area contributed by atoms with Gasteiger partial charge in [0.15, 0.2) is 5.82 Å².